The number of alkyl carbamates (subject to hydrolysis) is 1. The van der Waals surface area contributed by atoms with E-state index in [1.54, 1.807) is 0 Å². The average molecular weight is 263 g/mol. The van der Waals surface area contributed by atoms with Crippen LogP contribution in [0.2, 0.25) is 0 Å². The van der Waals surface area contributed by atoms with E-state index in [9.17, 15) is 4.79 Å². The van der Waals surface area contributed by atoms with Crippen molar-refractivity contribution in [2.75, 3.05) is 13.7 Å². The van der Waals surface area contributed by atoms with E-state index in [0.29, 0.717) is 6.54 Å². The minimum atomic E-state index is -0.382. The van der Waals surface area contributed by atoms with Crippen molar-refractivity contribution in [3.63, 3.8) is 0 Å². The maximum atomic E-state index is 11.3. The predicted octanol–water partition coefficient (Wildman–Crippen LogP) is 3.55. The number of ether oxygens (including phenoxy) is 1. The summed E-state index contributed by atoms with van der Waals surface area (Å²) < 4.78 is 4.64. The summed E-state index contributed by atoms with van der Waals surface area (Å²) in [7, 11) is 1.38. The number of methoxy groups -OCH3 is 1. The van der Waals surface area contributed by atoms with Gasteiger partial charge in [0.15, 0.2) is 0 Å². The van der Waals surface area contributed by atoms with Gasteiger partial charge in [0.2, 0.25) is 0 Å². The van der Waals surface area contributed by atoms with Gasteiger partial charge in [-0.2, -0.15) is 0 Å². The summed E-state index contributed by atoms with van der Waals surface area (Å²) in [6.45, 7) is 13.4. The van der Waals surface area contributed by atoms with Crippen LogP contribution in [0, 0.1) is 27.7 Å². The topological polar surface area (TPSA) is 38.3 Å². The Balaban J connectivity index is 3.17. The highest BCUT2D eigenvalue weighted by atomic mass is 16.5. The molecule has 0 spiro atoms. The Morgan fingerprint density at radius 1 is 1.16 bits per heavy atom. The van der Waals surface area contributed by atoms with Gasteiger partial charge in [-0.15, -0.1) is 0 Å². The Morgan fingerprint density at radius 2 is 1.63 bits per heavy atom. The van der Waals surface area contributed by atoms with Gasteiger partial charge in [-0.25, -0.2) is 4.79 Å². The lowest BCUT2D eigenvalue weighted by Crippen LogP contribution is -2.37. The largest absolute Gasteiger partial charge is 0.453 e. The second kappa shape index (κ2) is 5.64. The molecule has 0 saturated carbocycles. The molecule has 3 heteroatoms. The number of aryl methyl sites for hydroxylation is 2. The molecule has 0 aliphatic heterocycles. The molecule has 1 aromatic carbocycles. The van der Waals surface area contributed by atoms with Gasteiger partial charge >= 0.3 is 6.09 Å². The lowest BCUT2D eigenvalue weighted by atomic mass is 9.77. The number of carbonyl (C=O) groups excluding carboxylic acids is 1. The number of nitrogens with one attached hydrogen (secondary N) is 1. The van der Waals surface area contributed by atoms with Crippen molar-refractivity contribution < 1.29 is 9.53 Å². The second-order valence-corrected chi connectivity index (χ2v) is 5.86. The van der Waals surface area contributed by atoms with Crippen LogP contribution < -0.4 is 5.32 Å². The molecule has 19 heavy (non-hydrogen) atoms. The fraction of sp³-hybridized carbons (Fsp3) is 0.562. The molecule has 0 heterocycles. The molecule has 0 aromatic heterocycles. The molecule has 3 nitrogen and oxygen atoms in total. The van der Waals surface area contributed by atoms with Gasteiger partial charge < -0.3 is 10.1 Å². The van der Waals surface area contributed by atoms with E-state index in [1.807, 2.05) is 0 Å². The molecule has 1 aromatic rings. The molecule has 106 valence electrons. The Kier molecular flexibility index (Phi) is 4.61. The smallest absolute Gasteiger partial charge is 0.406 e. The number of benzene rings is 1. The average Bonchev–Trinajstić information content (AvgIpc) is 2.33. The van der Waals surface area contributed by atoms with Gasteiger partial charge in [0, 0.05) is 12.0 Å². The van der Waals surface area contributed by atoms with Crippen molar-refractivity contribution in [3.05, 3.63) is 33.9 Å². The van der Waals surface area contributed by atoms with Crippen molar-refractivity contribution in [2.45, 2.75) is 47.0 Å². The summed E-state index contributed by atoms with van der Waals surface area (Å²) in [5, 5.41) is 2.80. The van der Waals surface area contributed by atoms with Crippen molar-refractivity contribution in [1.82, 2.24) is 5.32 Å². The highest BCUT2D eigenvalue weighted by molar-refractivity contribution is 5.67. The van der Waals surface area contributed by atoms with Crippen LogP contribution in [0.3, 0.4) is 0 Å². The number of amides is 1. The van der Waals surface area contributed by atoms with Crippen LogP contribution in [-0.2, 0) is 10.2 Å². The van der Waals surface area contributed by atoms with Crippen LogP contribution in [0.4, 0.5) is 4.79 Å². The van der Waals surface area contributed by atoms with E-state index in [1.165, 1.54) is 34.9 Å². The lowest BCUT2D eigenvalue weighted by Gasteiger charge is -2.31. The fourth-order valence-corrected chi connectivity index (χ4v) is 2.69. The van der Waals surface area contributed by atoms with E-state index in [0.717, 1.165) is 0 Å². The van der Waals surface area contributed by atoms with E-state index in [2.05, 4.69) is 57.7 Å². The van der Waals surface area contributed by atoms with Crippen LogP contribution in [-0.4, -0.2) is 19.7 Å². The normalized spacial score (nSPS) is 11.3. The maximum absolute atomic E-state index is 11.3. The predicted molar refractivity (Wildman–Crippen MR) is 78.8 cm³/mol. The Morgan fingerprint density at radius 3 is 2.05 bits per heavy atom. The summed E-state index contributed by atoms with van der Waals surface area (Å²) in [6, 6.07) is 2.22. The number of hydrogen-bond acceptors (Lipinski definition) is 2. The molecular weight excluding hydrogens is 238 g/mol. The molecule has 1 N–H and O–H groups in total. The van der Waals surface area contributed by atoms with Gasteiger partial charge in [0.25, 0.3) is 0 Å². The van der Waals surface area contributed by atoms with Crippen LogP contribution in [0.5, 0.6) is 0 Å². The van der Waals surface area contributed by atoms with E-state index < -0.39 is 0 Å². The standard InChI is InChI=1S/C16H25NO2/c1-10-8-11(2)13(4)14(12(10)3)16(5,6)9-17-15(18)19-7/h8H,9H2,1-7H3,(H,17,18). The van der Waals surface area contributed by atoms with Crippen molar-refractivity contribution >= 4 is 6.09 Å². The number of hydrogen-bond donors (Lipinski definition) is 1. The molecule has 1 rings (SSSR count). The first-order valence-electron chi connectivity index (χ1n) is 6.60. The van der Waals surface area contributed by atoms with E-state index in [-0.39, 0.29) is 11.5 Å². The quantitative estimate of drug-likeness (QED) is 0.905. The first kappa shape index (κ1) is 15.5. The molecule has 0 atom stereocenters. The SMILES string of the molecule is COC(=O)NCC(C)(C)c1c(C)c(C)cc(C)c1C. The Bertz CT molecular complexity index is 464. The molecular formula is C16H25NO2. The van der Waals surface area contributed by atoms with Gasteiger partial charge in [-0.3, -0.25) is 0 Å². The minimum Gasteiger partial charge on any atom is -0.453 e. The Labute approximate surface area is 116 Å². The summed E-state index contributed by atoms with van der Waals surface area (Å²) in [4.78, 5) is 11.3. The van der Waals surface area contributed by atoms with Gasteiger partial charge in [-0.1, -0.05) is 19.9 Å². The summed E-state index contributed by atoms with van der Waals surface area (Å²) in [6.07, 6.45) is -0.382. The minimum absolute atomic E-state index is 0.126. The van der Waals surface area contributed by atoms with Crippen LogP contribution in [0.15, 0.2) is 6.07 Å². The van der Waals surface area contributed by atoms with E-state index >= 15 is 0 Å². The first-order valence-corrected chi connectivity index (χ1v) is 6.60. The van der Waals surface area contributed by atoms with E-state index in [4.69, 9.17) is 0 Å². The van der Waals surface area contributed by atoms with Crippen LogP contribution in [0.25, 0.3) is 0 Å². The molecule has 0 aliphatic carbocycles. The Hall–Kier alpha value is -1.51. The second-order valence-electron chi connectivity index (χ2n) is 5.86. The third-order valence-corrected chi connectivity index (χ3v) is 3.90. The zero-order chi connectivity index (χ0) is 14.8. The molecule has 0 bridgehead atoms. The fourth-order valence-electron chi connectivity index (χ4n) is 2.69. The molecule has 0 radical (unpaired) electrons. The summed E-state index contributed by atoms with van der Waals surface area (Å²) >= 11 is 0. The van der Waals surface area contributed by atoms with Gasteiger partial charge in [0.05, 0.1) is 7.11 Å². The van der Waals surface area contributed by atoms with Gasteiger partial charge in [0.1, 0.15) is 0 Å². The highest BCUT2D eigenvalue weighted by Crippen LogP contribution is 2.32. The molecule has 0 unspecified atom stereocenters. The van der Waals surface area contributed by atoms with Crippen molar-refractivity contribution in [3.8, 4) is 0 Å². The monoisotopic (exact) mass is 263 g/mol. The first-order chi connectivity index (χ1) is 8.70. The van der Waals surface area contributed by atoms with Gasteiger partial charge in [-0.05, 0) is 55.5 Å². The summed E-state index contributed by atoms with van der Waals surface area (Å²) in [5.74, 6) is 0. The maximum Gasteiger partial charge on any atom is 0.406 e. The molecule has 0 saturated heterocycles. The zero-order valence-electron chi connectivity index (χ0n) is 13.1. The zero-order valence-corrected chi connectivity index (χ0v) is 13.1. The molecule has 0 aliphatic rings. The third kappa shape index (κ3) is 3.28. The lowest BCUT2D eigenvalue weighted by molar-refractivity contribution is 0.168. The van der Waals surface area contributed by atoms with Crippen molar-refractivity contribution in [1.29, 1.82) is 0 Å². The molecule has 1 amide bonds. The van der Waals surface area contributed by atoms with Crippen molar-refractivity contribution in [2.24, 2.45) is 0 Å². The summed E-state index contributed by atoms with van der Waals surface area (Å²) in [5.41, 5.74) is 6.40. The number of carbonyl (C=O) groups is 1. The number of rotatable bonds is 3. The van der Waals surface area contributed by atoms with Crippen LogP contribution >= 0.6 is 0 Å². The highest BCUT2D eigenvalue weighted by Gasteiger charge is 2.26. The molecule has 0 fully saturated rings. The van der Waals surface area contributed by atoms with Crippen LogP contribution in [0.1, 0.15) is 41.7 Å². The third-order valence-electron chi connectivity index (χ3n) is 3.90.